The molecule has 0 N–H and O–H groups in total. The third-order valence-corrected chi connectivity index (χ3v) is 4.02. The van der Waals surface area contributed by atoms with Crippen LogP contribution >= 0.6 is 12.6 Å². The highest BCUT2D eigenvalue weighted by atomic mass is 32.1. The van der Waals surface area contributed by atoms with E-state index < -0.39 is 0 Å². The van der Waals surface area contributed by atoms with E-state index in [0.717, 1.165) is 11.1 Å². The number of thiol groups is 1. The van der Waals surface area contributed by atoms with Crippen LogP contribution in [0.15, 0.2) is 50.7 Å². The van der Waals surface area contributed by atoms with Crippen LogP contribution in [0, 0.1) is 6.92 Å². The maximum atomic E-state index is 13.0. The van der Waals surface area contributed by atoms with Gasteiger partial charge in [-0.1, -0.05) is 29.8 Å². The van der Waals surface area contributed by atoms with Gasteiger partial charge in [-0.3, -0.25) is 4.79 Å². The summed E-state index contributed by atoms with van der Waals surface area (Å²) in [6.07, 6.45) is 0. The number of benzene rings is 2. The molecular weight excluding hydrogens is 312 g/mol. The Balaban J connectivity index is 2.37. The summed E-state index contributed by atoms with van der Waals surface area (Å²) >= 11 is 4.36. The zero-order valence-electron chi connectivity index (χ0n) is 13.0. The monoisotopic (exact) mass is 328 g/mol. The van der Waals surface area contributed by atoms with E-state index in [0.29, 0.717) is 28.0 Å². The van der Waals surface area contributed by atoms with Crippen molar-refractivity contribution in [1.82, 2.24) is 0 Å². The smallest absolute Gasteiger partial charge is 0.201 e. The van der Waals surface area contributed by atoms with Crippen LogP contribution in [0.3, 0.4) is 0 Å². The number of ether oxygens (including phenoxy) is 2. The van der Waals surface area contributed by atoms with Gasteiger partial charge in [0.15, 0.2) is 16.4 Å². The Bertz CT molecular complexity index is 926. The molecule has 0 aliphatic carbocycles. The lowest BCUT2D eigenvalue weighted by Gasteiger charge is -2.11. The fourth-order valence-electron chi connectivity index (χ4n) is 2.47. The molecule has 0 spiro atoms. The van der Waals surface area contributed by atoms with Crippen molar-refractivity contribution in [1.29, 1.82) is 0 Å². The van der Waals surface area contributed by atoms with E-state index in [1.54, 1.807) is 12.1 Å². The fraction of sp³-hybridized carbons (Fsp3) is 0.167. The molecule has 0 saturated carbocycles. The van der Waals surface area contributed by atoms with Gasteiger partial charge in [0.2, 0.25) is 5.43 Å². The van der Waals surface area contributed by atoms with Crippen molar-refractivity contribution < 1.29 is 13.9 Å². The Hall–Kier alpha value is -2.40. The summed E-state index contributed by atoms with van der Waals surface area (Å²) < 4.78 is 16.3. The molecule has 0 saturated heterocycles. The summed E-state index contributed by atoms with van der Waals surface area (Å²) in [5, 5.41) is 0.657. The van der Waals surface area contributed by atoms with Crippen LogP contribution in [0.25, 0.3) is 22.1 Å². The standard InChI is InChI=1S/C18H16O4S/c1-10-4-6-11(7-5-10)15-16(19)13-8-12(20-2)9-14(21-3)17(13)22-18(15)23/h4-9,23H,1-3H3. The van der Waals surface area contributed by atoms with Crippen molar-refractivity contribution >= 4 is 23.6 Å². The van der Waals surface area contributed by atoms with Gasteiger partial charge in [0.25, 0.3) is 0 Å². The van der Waals surface area contributed by atoms with E-state index in [-0.39, 0.29) is 10.5 Å². The second kappa shape index (κ2) is 6.01. The molecule has 0 fully saturated rings. The number of rotatable bonds is 3. The first-order chi connectivity index (χ1) is 11.0. The lowest BCUT2D eigenvalue weighted by atomic mass is 10.0. The lowest BCUT2D eigenvalue weighted by Crippen LogP contribution is -2.07. The van der Waals surface area contributed by atoms with Gasteiger partial charge in [-0.15, -0.1) is 12.6 Å². The molecule has 0 aliphatic rings. The van der Waals surface area contributed by atoms with Crippen LogP contribution < -0.4 is 14.9 Å². The first-order valence-corrected chi connectivity index (χ1v) is 7.48. The predicted molar refractivity (Wildman–Crippen MR) is 93.0 cm³/mol. The Morgan fingerprint density at radius 1 is 1.04 bits per heavy atom. The van der Waals surface area contributed by atoms with Gasteiger partial charge in [-0.05, 0) is 18.6 Å². The lowest BCUT2D eigenvalue weighted by molar-refractivity contribution is 0.387. The quantitative estimate of drug-likeness (QED) is 0.736. The van der Waals surface area contributed by atoms with E-state index in [4.69, 9.17) is 13.9 Å². The highest BCUT2D eigenvalue weighted by Gasteiger charge is 2.18. The Morgan fingerprint density at radius 3 is 2.35 bits per heavy atom. The molecule has 0 amide bonds. The molecule has 0 unspecified atom stereocenters. The molecule has 1 heterocycles. The number of fused-ring (bicyclic) bond motifs is 1. The molecule has 2 aromatic carbocycles. The minimum atomic E-state index is -0.169. The van der Waals surface area contributed by atoms with Crippen molar-refractivity contribution in [2.24, 2.45) is 0 Å². The van der Waals surface area contributed by atoms with Gasteiger partial charge in [0.05, 0.1) is 25.2 Å². The Kier molecular flexibility index (Phi) is 4.05. The third-order valence-electron chi connectivity index (χ3n) is 3.71. The molecule has 3 aromatic rings. The summed E-state index contributed by atoms with van der Waals surface area (Å²) in [6, 6.07) is 11.0. The van der Waals surface area contributed by atoms with Gasteiger partial charge < -0.3 is 13.9 Å². The third kappa shape index (κ3) is 2.68. The van der Waals surface area contributed by atoms with E-state index in [9.17, 15) is 4.79 Å². The van der Waals surface area contributed by atoms with E-state index in [1.807, 2.05) is 31.2 Å². The summed E-state index contributed by atoms with van der Waals surface area (Å²) in [7, 11) is 3.05. The van der Waals surface area contributed by atoms with Crippen LogP contribution in [0.1, 0.15) is 5.56 Å². The number of hydrogen-bond donors (Lipinski definition) is 1. The summed E-state index contributed by atoms with van der Waals surface area (Å²) in [5.41, 5.74) is 2.49. The van der Waals surface area contributed by atoms with Gasteiger partial charge >= 0.3 is 0 Å². The topological polar surface area (TPSA) is 48.7 Å². The number of hydrogen-bond acceptors (Lipinski definition) is 5. The molecular formula is C18H16O4S. The molecule has 0 bridgehead atoms. The zero-order valence-corrected chi connectivity index (χ0v) is 13.9. The zero-order chi connectivity index (χ0) is 16.6. The minimum absolute atomic E-state index is 0.169. The minimum Gasteiger partial charge on any atom is -0.497 e. The van der Waals surface area contributed by atoms with E-state index in [1.165, 1.54) is 14.2 Å². The maximum Gasteiger partial charge on any atom is 0.201 e. The average Bonchev–Trinajstić information content (AvgIpc) is 2.56. The largest absolute Gasteiger partial charge is 0.497 e. The molecule has 118 valence electrons. The summed E-state index contributed by atoms with van der Waals surface area (Å²) in [5.74, 6) is 0.964. The average molecular weight is 328 g/mol. The highest BCUT2D eigenvalue weighted by molar-refractivity contribution is 7.80. The SMILES string of the molecule is COc1cc(OC)c2oc(S)c(-c3ccc(C)cc3)c(=O)c2c1. The molecule has 3 rings (SSSR count). The van der Waals surface area contributed by atoms with Gasteiger partial charge in [0, 0.05) is 6.07 Å². The maximum absolute atomic E-state index is 13.0. The second-order valence-electron chi connectivity index (χ2n) is 5.18. The Labute approximate surface area is 139 Å². The molecule has 0 aliphatic heterocycles. The summed E-state index contributed by atoms with van der Waals surface area (Å²) in [4.78, 5) is 13.0. The molecule has 23 heavy (non-hydrogen) atoms. The van der Waals surface area contributed by atoms with Crippen LogP contribution in [0.2, 0.25) is 0 Å². The Morgan fingerprint density at radius 2 is 1.74 bits per heavy atom. The van der Waals surface area contributed by atoms with Crippen molar-refractivity contribution in [2.45, 2.75) is 12.0 Å². The second-order valence-corrected chi connectivity index (χ2v) is 5.59. The summed E-state index contributed by atoms with van der Waals surface area (Å²) in [6.45, 7) is 1.99. The van der Waals surface area contributed by atoms with Crippen molar-refractivity contribution in [3.05, 3.63) is 52.2 Å². The van der Waals surface area contributed by atoms with Crippen LogP contribution in [-0.4, -0.2) is 14.2 Å². The van der Waals surface area contributed by atoms with E-state index >= 15 is 0 Å². The first kappa shape index (κ1) is 15.5. The highest BCUT2D eigenvalue weighted by Crippen LogP contribution is 2.34. The molecule has 4 nitrogen and oxygen atoms in total. The fourth-order valence-corrected chi connectivity index (χ4v) is 2.80. The molecule has 1 aromatic heterocycles. The van der Waals surface area contributed by atoms with Crippen molar-refractivity contribution in [2.75, 3.05) is 14.2 Å². The van der Waals surface area contributed by atoms with Crippen molar-refractivity contribution in [3.8, 4) is 22.6 Å². The molecule has 5 heteroatoms. The van der Waals surface area contributed by atoms with Crippen molar-refractivity contribution in [3.63, 3.8) is 0 Å². The van der Waals surface area contributed by atoms with Gasteiger partial charge in [-0.25, -0.2) is 0 Å². The normalized spacial score (nSPS) is 10.8. The van der Waals surface area contributed by atoms with E-state index in [2.05, 4.69) is 12.6 Å². The predicted octanol–water partition coefficient (Wildman–Crippen LogP) is 4.07. The van der Waals surface area contributed by atoms with Crippen LogP contribution in [0.5, 0.6) is 11.5 Å². The van der Waals surface area contributed by atoms with Crippen LogP contribution in [0.4, 0.5) is 0 Å². The molecule has 0 atom stereocenters. The number of aryl methyl sites for hydroxylation is 1. The van der Waals surface area contributed by atoms with Crippen LogP contribution in [-0.2, 0) is 0 Å². The van der Waals surface area contributed by atoms with Gasteiger partial charge in [0.1, 0.15) is 5.75 Å². The first-order valence-electron chi connectivity index (χ1n) is 7.04. The molecule has 0 radical (unpaired) electrons. The van der Waals surface area contributed by atoms with Gasteiger partial charge in [-0.2, -0.15) is 0 Å². The number of methoxy groups -OCH3 is 2.